The van der Waals surface area contributed by atoms with Gasteiger partial charge in [-0.25, -0.2) is 0 Å². The highest BCUT2D eigenvalue weighted by molar-refractivity contribution is 5.75. The van der Waals surface area contributed by atoms with Crippen LogP contribution in [-0.2, 0) is 9.63 Å². The first-order valence-electron chi connectivity index (χ1n) is 9.48. The van der Waals surface area contributed by atoms with Crippen LogP contribution in [-0.4, -0.2) is 60.7 Å². The molecule has 1 amide bonds. The van der Waals surface area contributed by atoms with E-state index in [1.807, 2.05) is 13.8 Å². The van der Waals surface area contributed by atoms with Crippen LogP contribution in [0.3, 0.4) is 0 Å². The van der Waals surface area contributed by atoms with Gasteiger partial charge in [0.15, 0.2) is 11.5 Å². The predicted octanol–water partition coefficient (Wildman–Crippen LogP) is 0.911. The molecule has 3 N–H and O–H groups in total. The molecule has 0 fully saturated rings. The van der Waals surface area contributed by atoms with Gasteiger partial charge in [0.05, 0.1) is 6.61 Å². The maximum absolute atomic E-state index is 11.8. The van der Waals surface area contributed by atoms with Gasteiger partial charge in [-0.05, 0) is 32.4 Å². The number of hydrogen-bond acceptors (Lipinski definition) is 8. The normalized spacial score (nSPS) is 11.8. The van der Waals surface area contributed by atoms with Crippen LogP contribution in [0.5, 0.6) is 11.5 Å². The van der Waals surface area contributed by atoms with Crippen LogP contribution in [0.1, 0.15) is 26.7 Å². The number of carbonyl (C=O) groups excluding carboxylic acids is 1. The first kappa shape index (κ1) is 25.0. The average molecular weight is 423 g/mol. The molecular formula is C20H29N3O7. The Hall–Kier alpha value is -3.03. The molecule has 166 valence electrons. The first-order valence-corrected chi connectivity index (χ1v) is 9.48. The molecule has 0 radical (unpaired) electrons. The Labute approximate surface area is 176 Å². The number of aliphatic hydroxyl groups is 1. The van der Waals surface area contributed by atoms with Crippen molar-refractivity contribution in [2.45, 2.75) is 38.3 Å². The molecule has 0 spiro atoms. The van der Waals surface area contributed by atoms with E-state index < -0.39 is 16.7 Å². The highest BCUT2D eigenvalue weighted by Gasteiger charge is 2.20. The number of ether oxygens (including phenoxy) is 2. The quantitative estimate of drug-likeness (QED) is 0.164. The summed E-state index contributed by atoms with van der Waals surface area (Å²) >= 11 is 0. The molecule has 1 rings (SSSR count). The summed E-state index contributed by atoms with van der Waals surface area (Å²) in [4.78, 5) is 26.0. The average Bonchev–Trinajstić information content (AvgIpc) is 2.71. The van der Waals surface area contributed by atoms with Gasteiger partial charge in [-0.2, -0.15) is 0 Å². The number of nitrogens with zero attached hydrogens (tertiary/aromatic N) is 1. The zero-order valence-corrected chi connectivity index (χ0v) is 17.3. The number of nitrogens with one attached hydrogen (secondary N) is 2. The minimum absolute atomic E-state index is 0.0440. The third-order valence-corrected chi connectivity index (χ3v) is 3.88. The van der Waals surface area contributed by atoms with Crippen molar-refractivity contribution in [3.8, 4) is 23.8 Å². The third kappa shape index (κ3) is 11.1. The number of para-hydroxylation sites is 2. The van der Waals surface area contributed by atoms with Crippen LogP contribution in [0.2, 0.25) is 0 Å². The Kier molecular flexibility index (Phi) is 11.0. The van der Waals surface area contributed by atoms with Crippen molar-refractivity contribution in [3.05, 3.63) is 34.4 Å². The Morgan fingerprint density at radius 1 is 1.33 bits per heavy atom. The molecule has 0 bridgehead atoms. The summed E-state index contributed by atoms with van der Waals surface area (Å²) in [5.41, 5.74) is -0.484. The van der Waals surface area contributed by atoms with E-state index in [0.29, 0.717) is 18.0 Å². The van der Waals surface area contributed by atoms with Crippen molar-refractivity contribution >= 4 is 5.91 Å². The number of amides is 1. The fraction of sp³-hybridized carbons (Fsp3) is 0.550. The molecule has 1 aromatic rings. The van der Waals surface area contributed by atoms with E-state index in [0.717, 1.165) is 0 Å². The summed E-state index contributed by atoms with van der Waals surface area (Å²) in [6.07, 6.45) is 4.78. The Morgan fingerprint density at radius 3 is 2.63 bits per heavy atom. The van der Waals surface area contributed by atoms with Crippen LogP contribution in [0, 0.1) is 22.5 Å². The Bertz CT molecular complexity index is 719. The lowest BCUT2D eigenvalue weighted by Crippen LogP contribution is -2.51. The monoisotopic (exact) mass is 423 g/mol. The van der Waals surface area contributed by atoms with E-state index in [2.05, 4.69) is 21.4 Å². The molecule has 0 saturated heterocycles. The van der Waals surface area contributed by atoms with Gasteiger partial charge in [0.25, 0.3) is 5.09 Å². The van der Waals surface area contributed by atoms with Crippen LogP contribution in [0.4, 0.5) is 0 Å². The van der Waals surface area contributed by atoms with E-state index in [-0.39, 0.29) is 45.1 Å². The van der Waals surface area contributed by atoms with Gasteiger partial charge in [-0.3, -0.25) is 4.79 Å². The van der Waals surface area contributed by atoms with E-state index in [4.69, 9.17) is 15.9 Å². The van der Waals surface area contributed by atoms with Crippen LogP contribution < -0.4 is 20.1 Å². The second-order valence-electron chi connectivity index (χ2n) is 7.11. The van der Waals surface area contributed by atoms with Crippen molar-refractivity contribution in [1.82, 2.24) is 10.6 Å². The Morgan fingerprint density at radius 2 is 2.00 bits per heavy atom. The highest BCUT2D eigenvalue weighted by atomic mass is 16.9. The summed E-state index contributed by atoms with van der Waals surface area (Å²) in [5.74, 6) is 3.14. The molecule has 10 heteroatoms. The molecular weight excluding hydrogens is 394 g/mol. The van der Waals surface area contributed by atoms with E-state index >= 15 is 0 Å². The zero-order valence-electron chi connectivity index (χ0n) is 17.3. The summed E-state index contributed by atoms with van der Waals surface area (Å²) in [5, 5.41) is 25.3. The number of aliphatic hydroxyl groups excluding tert-OH is 1. The number of β-amino-alcohol motifs (C(OH)–C–C–N with tert-alkyl or cyclic N) is 1. The van der Waals surface area contributed by atoms with Crippen molar-refractivity contribution in [1.29, 1.82) is 0 Å². The molecule has 1 aromatic carbocycles. The maximum Gasteiger partial charge on any atom is 0.294 e. The Balaban J connectivity index is 2.31. The number of benzene rings is 1. The fourth-order valence-electron chi connectivity index (χ4n) is 2.29. The minimum Gasteiger partial charge on any atom is -0.487 e. The van der Waals surface area contributed by atoms with E-state index in [1.54, 1.807) is 24.3 Å². The van der Waals surface area contributed by atoms with Gasteiger partial charge in [0.2, 0.25) is 5.91 Å². The van der Waals surface area contributed by atoms with Crippen molar-refractivity contribution in [3.63, 3.8) is 0 Å². The van der Waals surface area contributed by atoms with E-state index in [9.17, 15) is 20.0 Å². The maximum atomic E-state index is 11.8. The molecule has 1 atom stereocenters. The van der Waals surface area contributed by atoms with Gasteiger partial charge < -0.3 is 30.1 Å². The van der Waals surface area contributed by atoms with Crippen LogP contribution >= 0.6 is 0 Å². The zero-order chi connectivity index (χ0) is 22.4. The summed E-state index contributed by atoms with van der Waals surface area (Å²) < 4.78 is 11.0. The third-order valence-electron chi connectivity index (χ3n) is 3.88. The molecule has 0 saturated carbocycles. The molecule has 0 aliphatic carbocycles. The lowest BCUT2D eigenvalue weighted by atomic mass is 10.1. The fourth-order valence-corrected chi connectivity index (χ4v) is 2.29. The number of hydrogen-bond donors (Lipinski definition) is 3. The highest BCUT2D eigenvalue weighted by Crippen LogP contribution is 2.26. The van der Waals surface area contributed by atoms with Gasteiger partial charge in [0, 0.05) is 25.0 Å². The summed E-state index contributed by atoms with van der Waals surface area (Å²) in [6, 6.07) is 7.04. The largest absolute Gasteiger partial charge is 0.487 e. The second kappa shape index (κ2) is 13.2. The lowest BCUT2D eigenvalue weighted by Gasteiger charge is -2.28. The van der Waals surface area contributed by atoms with Crippen molar-refractivity contribution in [2.75, 3.05) is 32.9 Å². The van der Waals surface area contributed by atoms with Gasteiger partial charge in [0.1, 0.15) is 19.3 Å². The number of carbonyl (C=O) groups is 1. The summed E-state index contributed by atoms with van der Waals surface area (Å²) in [6.45, 7) is 4.35. The number of terminal acetylenes is 1. The van der Waals surface area contributed by atoms with E-state index in [1.165, 1.54) is 0 Å². The van der Waals surface area contributed by atoms with Crippen LogP contribution in [0.25, 0.3) is 0 Å². The van der Waals surface area contributed by atoms with Crippen molar-refractivity contribution in [2.24, 2.45) is 0 Å². The number of rotatable bonds is 15. The SMILES string of the molecule is C#CCOc1ccccc1OCC(O)CNC(C)(C)CNC(=O)CCCO[N+](=O)[O-]. The minimum atomic E-state index is -0.886. The van der Waals surface area contributed by atoms with Crippen molar-refractivity contribution < 1.29 is 29.3 Å². The molecule has 0 aliphatic rings. The second-order valence-corrected chi connectivity index (χ2v) is 7.11. The molecule has 0 heterocycles. The molecule has 0 aliphatic heterocycles. The summed E-state index contributed by atoms with van der Waals surface area (Å²) in [7, 11) is 0. The topological polar surface area (TPSA) is 132 Å². The molecule has 1 unspecified atom stereocenters. The molecule has 10 nitrogen and oxygen atoms in total. The predicted molar refractivity (Wildman–Crippen MR) is 110 cm³/mol. The standard InChI is InChI=1S/C20H29N3O7/c1-4-11-28-17-8-5-6-9-18(17)29-14-16(24)13-22-20(2,3)15-21-19(25)10-7-12-30-23(26)27/h1,5-6,8-9,16,22,24H,7,10-15H2,2-3H3,(H,21,25). The van der Waals surface area contributed by atoms with Gasteiger partial charge >= 0.3 is 0 Å². The first-order chi connectivity index (χ1) is 14.2. The smallest absolute Gasteiger partial charge is 0.294 e. The molecule has 30 heavy (non-hydrogen) atoms. The molecule has 0 aromatic heterocycles. The van der Waals surface area contributed by atoms with Gasteiger partial charge in [-0.1, -0.05) is 18.1 Å². The van der Waals surface area contributed by atoms with Crippen LogP contribution in [0.15, 0.2) is 24.3 Å². The van der Waals surface area contributed by atoms with Gasteiger partial charge in [-0.15, -0.1) is 16.5 Å². The lowest BCUT2D eigenvalue weighted by molar-refractivity contribution is -0.757.